The van der Waals surface area contributed by atoms with Gasteiger partial charge >= 0.3 is 0 Å². The molecule has 6 nitrogen and oxygen atoms in total. The number of anilines is 1. The van der Waals surface area contributed by atoms with E-state index in [4.69, 9.17) is 10.3 Å². The average Bonchev–Trinajstić information content (AvgIpc) is 3.16. The summed E-state index contributed by atoms with van der Waals surface area (Å²) in [4.78, 5) is 18.6. The second-order valence-corrected chi connectivity index (χ2v) is 6.34. The van der Waals surface area contributed by atoms with Crippen molar-refractivity contribution < 1.29 is 9.32 Å². The van der Waals surface area contributed by atoms with Crippen LogP contribution in [0.3, 0.4) is 0 Å². The summed E-state index contributed by atoms with van der Waals surface area (Å²) in [5.74, 6) is 1.22. The van der Waals surface area contributed by atoms with Crippen LogP contribution in [0.4, 0.5) is 5.69 Å². The standard InChI is InChI=1S/C20H20N4O2.ClH/c21-13-14-5-7-16(8-6-14)20-22-18(26-23-20)11-12-24-17-4-2-1-3-15(17)9-10-19(24)25;/h1-8H,9-13,21H2;1H. The molecule has 7 heteroatoms. The fourth-order valence-electron chi connectivity index (χ4n) is 3.21. The maximum atomic E-state index is 12.3. The second kappa shape index (κ2) is 8.33. The lowest BCUT2D eigenvalue weighted by molar-refractivity contribution is -0.118. The van der Waals surface area contributed by atoms with Crippen LogP contribution < -0.4 is 10.6 Å². The van der Waals surface area contributed by atoms with Crippen molar-refractivity contribution in [2.45, 2.75) is 25.8 Å². The number of nitrogens with two attached hydrogens (primary N) is 1. The highest BCUT2D eigenvalue weighted by atomic mass is 35.5. The molecule has 0 unspecified atom stereocenters. The van der Waals surface area contributed by atoms with Gasteiger partial charge in [-0.25, -0.2) is 0 Å². The first-order valence-corrected chi connectivity index (χ1v) is 8.75. The SMILES string of the molecule is Cl.NCc1ccc(-c2noc(CCN3C(=O)CCc4ccccc43)n2)cc1. The minimum absolute atomic E-state index is 0. The van der Waals surface area contributed by atoms with Crippen molar-refractivity contribution in [2.24, 2.45) is 5.73 Å². The minimum atomic E-state index is 0. The molecule has 0 atom stereocenters. The monoisotopic (exact) mass is 384 g/mol. The fraction of sp³-hybridized carbons (Fsp3) is 0.250. The fourth-order valence-corrected chi connectivity index (χ4v) is 3.21. The minimum Gasteiger partial charge on any atom is -0.339 e. The van der Waals surface area contributed by atoms with Crippen molar-refractivity contribution >= 4 is 24.0 Å². The van der Waals surface area contributed by atoms with Crippen LogP contribution in [0.1, 0.15) is 23.4 Å². The van der Waals surface area contributed by atoms with E-state index in [2.05, 4.69) is 16.2 Å². The number of amides is 1. The molecule has 2 heterocycles. The van der Waals surface area contributed by atoms with Crippen molar-refractivity contribution in [2.75, 3.05) is 11.4 Å². The van der Waals surface area contributed by atoms with Crippen molar-refractivity contribution in [1.29, 1.82) is 0 Å². The molecule has 3 aromatic rings. The van der Waals surface area contributed by atoms with E-state index >= 15 is 0 Å². The number of para-hydroxylation sites is 1. The molecule has 4 rings (SSSR count). The van der Waals surface area contributed by atoms with Crippen LogP contribution in [0.25, 0.3) is 11.4 Å². The van der Waals surface area contributed by atoms with Gasteiger partial charge in [-0.05, 0) is 23.6 Å². The lowest BCUT2D eigenvalue weighted by Gasteiger charge is -2.28. The molecule has 27 heavy (non-hydrogen) atoms. The molecule has 0 fully saturated rings. The quantitative estimate of drug-likeness (QED) is 0.730. The predicted molar refractivity (Wildman–Crippen MR) is 106 cm³/mol. The molecule has 0 aliphatic carbocycles. The normalized spacial score (nSPS) is 13.2. The van der Waals surface area contributed by atoms with Crippen LogP contribution >= 0.6 is 12.4 Å². The third kappa shape index (κ3) is 4.02. The molecule has 2 aromatic carbocycles. The highest BCUT2D eigenvalue weighted by molar-refractivity contribution is 5.96. The number of benzene rings is 2. The first-order chi connectivity index (χ1) is 12.7. The van der Waals surface area contributed by atoms with Crippen LogP contribution in [0.15, 0.2) is 53.1 Å². The average molecular weight is 385 g/mol. The summed E-state index contributed by atoms with van der Waals surface area (Å²) in [6.07, 6.45) is 1.86. The topological polar surface area (TPSA) is 85.2 Å². The van der Waals surface area contributed by atoms with Crippen molar-refractivity contribution in [3.05, 3.63) is 65.5 Å². The molecular weight excluding hydrogens is 364 g/mol. The van der Waals surface area contributed by atoms with Crippen molar-refractivity contribution in [3.63, 3.8) is 0 Å². The summed E-state index contributed by atoms with van der Waals surface area (Å²) in [7, 11) is 0. The highest BCUT2D eigenvalue weighted by Gasteiger charge is 2.24. The predicted octanol–water partition coefficient (Wildman–Crippen LogP) is 3.14. The van der Waals surface area contributed by atoms with Gasteiger partial charge in [0, 0.05) is 37.2 Å². The largest absolute Gasteiger partial charge is 0.339 e. The van der Waals surface area contributed by atoms with E-state index in [0.717, 1.165) is 23.2 Å². The van der Waals surface area contributed by atoms with Gasteiger partial charge in [-0.3, -0.25) is 4.79 Å². The Balaban J connectivity index is 0.00000210. The molecule has 0 spiro atoms. The number of hydrogen-bond acceptors (Lipinski definition) is 5. The smallest absolute Gasteiger partial charge is 0.228 e. The lowest BCUT2D eigenvalue weighted by Crippen LogP contribution is -2.36. The van der Waals surface area contributed by atoms with E-state index in [1.54, 1.807) is 0 Å². The van der Waals surface area contributed by atoms with E-state index in [9.17, 15) is 4.79 Å². The second-order valence-electron chi connectivity index (χ2n) is 6.34. The number of aryl methyl sites for hydroxylation is 1. The van der Waals surface area contributed by atoms with Gasteiger partial charge < -0.3 is 15.2 Å². The van der Waals surface area contributed by atoms with Gasteiger partial charge in [0.25, 0.3) is 0 Å². The summed E-state index contributed by atoms with van der Waals surface area (Å²) in [6, 6.07) is 15.8. The number of halogens is 1. The first-order valence-electron chi connectivity index (χ1n) is 8.75. The van der Waals surface area contributed by atoms with Crippen LogP contribution in [-0.2, 0) is 24.2 Å². The zero-order chi connectivity index (χ0) is 17.9. The number of rotatable bonds is 5. The lowest BCUT2D eigenvalue weighted by atomic mass is 10.0. The summed E-state index contributed by atoms with van der Waals surface area (Å²) in [6.45, 7) is 1.03. The zero-order valence-corrected chi connectivity index (χ0v) is 15.6. The molecule has 1 aliphatic heterocycles. The van der Waals surface area contributed by atoms with Gasteiger partial charge in [0.2, 0.25) is 17.6 Å². The number of carbonyl (C=O) groups excluding carboxylic acids is 1. The Hall–Kier alpha value is -2.70. The van der Waals surface area contributed by atoms with E-state index in [-0.39, 0.29) is 18.3 Å². The molecule has 0 saturated heterocycles. The van der Waals surface area contributed by atoms with Crippen LogP contribution in [0.2, 0.25) is 0 Å². The molecule has 0 bridgehead atoms. The summed E-state index contributed by atoms with van der Waals surface area (Å²) in [5.41, 5.74) is 9.75. The van der Waals surface area contributed by atoms with E-state index in [1.807, 2.05) is 47.4 Å². The molecular formula is C20H21ClN4O2. The van der Waals surface area contributed by atoms with Crippen molar-refractivity contribution in [1.82, 2.24) is 10.1 Å². The van der Waals surface area contributed by atoms with Crippen LogP contribution in [-0.4, -0.2) is 22.6 Å². The number of nitrogens with zero attached hydrogens (tertiary/aromatic N) is 3. The third-order valence-electron chi connectivity index (χ3n) is 4.66. The van der Waals surface area contributed by atoms with Crippen LogP contribution in [0, 0.1) is 0 Å². The molecule has 0 radical (unpaired) electrons. The summed E-state index contributed by atoms with van der Waals surface area (Å²) >= 11 is 0. The molecule has 140 valence electrons. The van der Waals surface area contributed by atoms with Gasteiger partial charge in [0.05, 0.1) is 0 Å². The van der Waals surface area contributed by atoms with E-state index < -0.39 is 0 Å². The van der Waals surface area contributed by atoms with Gasteiger partial charge in [0.15, 0.2) is 0 Å². The van der Waals surface area contributed by atoms with Gasteiger partial charge in [-0.2, -0.15) is 4.98 Å². The number of carbonyl (C=O) groups is 1. The van der Waals surface area contributed by atoms with E-state index in [1.165, 1.54) is 5.56 Å². The van der Waals surface area contributed by atoms with Gasteiger partial charge in [0.1, 0.15) is 0 Å². The third-order valence-corrected chi connectivity index (χ3v) is 4.66. The maximum absolute atomic E-state index is 12.3. The molecule has 0 saturated carbocycles. The van der Waals surface area contributed by atoms with Gasteiger partial charge in [-0.1, -0.05) is 47.6 Å². The Kier molecular flexibility index (Phi) is 5.88. The van der Waals surface area contributed by atoms with E-state index in [0.29, 0.717) is 37.6 Å². The Morgan fingerprint density at radius 2 is 1.85 bits per heavy atom. The molecule has 1 aliphatic rings. The Bertz CT molecular complexity index is 924. The Labute approximate surface area is 163 Å². The summed E-state index contributed by atoms with van der Waals surface area (Å²) in [5, 5.41) is 4.05. The first kappa shape index (κ1) is 19.1. The Morgan fingerprint density at radius 1 is 1.07 bits per heavy atom. The van der Waals surface area contributed by atoms with Gasteiger partial charge in [-0.15, -0.1) is 12.4 Å². The van der Waals surface area contributed by atoms with Crippen LogP contribution in [0.5, 0.6) is 0 Å². The Morgan fingerprint density at radius 3 is 2.63 bits per heavy atom. The maximum Gasteiger partial charge on any atom is 0.228 e. The molecule has 1 amide bonds. The molecule has 1 aromatic heterocycles. The summed E-state index contributed by atoms with van der Waals surface area (Å²) < 4.78 is 5.37. The highest BCUT2D eigenvalue weighted by Crippen LogP contribution is 2.27. The number of aromatic nitrogens is 2. The number of fused-ring (bicyclic) bond motifs is 1. The molecule has 2 N–H and O–H groups in total. The number of hydrogen-bond donors (Lipinski definition) is 1. The zero-order valence-electron chi connectivity index (χ0n) is 14.8. The van der Waals surface area contributed by atoms with Crippen molar-refractivity contribution in [3.8, 4) is 11.4 Å².